The van der Waals surface area contributed by atoms with Gasteiger partial charge in [-0.05, 0) is 55.7 Å². The van der Waals surface area contributed by atoms with E-state index in [1.807, 2.05) is 12.1 Å². The molecule has 2 aromatic rings. The van der Waals surface area contributed by atoms with Crippen LogP contribution >= 0.6 is 0 Å². The molecule has 0 unspecified atom stereocenters. The number of anilines is 2. The van der Waals surface area contributed by atoms with Gasteiger partial charge in [0.1, 0.15) is 22.9 Å². The fourth-order valence-electron chi connectivity index (χ4n) is 3.98. The van der Waals surface area contributed by atoms with Crippen LogP contribution in [-0.4, -0.2) is 54.4 Å². The Morgan fingerprint density at radius 3 is 2.44 bits per heavy atom. The zero-order valence-electron chi connectivity index (χ0n) is 20.4. The van der Waals surface area contributed by atoms with Gasteiger partial charge in [-0.15, -0.1) is 0 Å². The largest absolute Gasteiger partial charge is 0.497 e. The molecule has 1 aliphatic rings. The van der Waals surface area contributed by atoms with Crippen LogP contribution in [0.3, 0.4) is 0 Å². The van der Waals surface area contributed by atoms with Gasteiger partial charge in [0, 0.05) is 31.9 Å². The number of amides is 1. The number of aliphatic hydroxyl groups excluding tert-OH is 1. The fourth-order valence-corrected chi connectivity index (χ4v) is 3.98. The van der Waals surface area contributed by atoms with Crippen molar-refractivity contribution in [1.82, 2.24) is 15.3 Å². The van der Waals surface area contributed by atoms with Crippen LogP contribution in [0.1, 0.15) is 61.4 Å². The summed E-state index contributed by atoms with van der Waals surface area (Å²) in [6.45, 7) is 3.91. The first kappa shape index (κ1) is 25.6. The number of rotatable bonds is 12. The Hall–Kier alpha value is -3.07. The first-order valence-corrected chi connectivity index (χ1v) is 12.0. The molecule has 9 heteroatoms. The van der Waals surface area contributed by atoms with Crippen LogP contribution in [0.5, 0.6) is 11.5 Å². The van der Waals surface area contributed by atoms with E-state index in [2.05, 4.69) is 32.8 Å². The van der Waals surface area contributed by atoms with Gasteiger partial charge in [-0.25, -0.2) is 4.98 Å². The van der Waals surface area contributed by atoms with E-state index in [-0.39, 0.29) is 12.0 Å². The molecular formula is C25H37N5O4. The molecule has 0 aliphatic heterocycles. The summed E-state index contributed by atoms with van der Waals surface area (Å²) >= 11 is 0. The number of hydrogen-bond acceptors (Lipinski definition) is 8. The Bertz CT molecular complexity index is 909. The number of unbranched alkanes of at least 4 members (excludes halogenated alkanes) is 1. The van der Waals surface area contributed by atoms with Crippen molar-refractivity contribution in [3.05, 3.63) is 35.5 Å². The summed E-state index contributed by atoms with van der Waals surface area (Å²) in [5, 5.41) is 19.3. The summed E-state index contributed by atoms with van der Waals surface area (Å²) < 4.78 is 10.6. The van der Waals surface area contributed by atoms with E-state index in [0.717, 1.165) is 50.6 Å². The van der Waals surface area contributed by atoms with Gasteiger partial charge in [0.2, 0.25) is 5.95 Å². The maximum Gasteiger partial charge on any atom is 0.256 e. The third kappa shape index (κ3) is 7.48. The Balaban J connectivity index is 1.70. The van der Waals surface area contributed by atoms with Crippen molar-refractivity contribution in [1.29, 1.82) is 0 Å². The molecular weight excluding hydrogens is 434 g/mol. The van der Waals surface area contributed by atoms with E-state index in [1.54, 1.807) is 26.5 Å². The van der Waals surface area contributed by atoms with E-state index in [9.17, 15) is 9.90 Å². The minimum atomic E-state index is -0.261. The molecule has 1 aromatic carbocycles. The average Bonchev–Trinajstić information content (AvgIpc) is 2.87. The molecule has 1 fully saturated rings. The molecule has 9 nitrogen and oxygen atoms in total. The number of aliphatic hydroxyl groups is 1. The minimum absolute atomic E-state index is 0.193. The van der Waals surface area contributed by atoms with E-state index in [4.69, 9.17) is 9.47 Å². The molecule has 34 heavy (non-hydrogen) atoms. The summed E-state index contributed by atoms with van der Waals surface area (Å²) in [5.41, 5.74) is 1.25. The van der Waals surface area contributed by atoms with Crippen LogP contribution < -0.4 is 25.4 Å². The molecule has 0 bridgehead atoms. The van der Waals surface area contributed by atoms with Crippen LogP contribution in [0, 0.1) is 5.92 Å². The van der Waals surface area contributed by atoms with Gasteiger partial charge in [-0.3, -0.25) is 4.79 Å². The third-order valence-corrected chi connectivity index (χ3v) is 6.09. The van der Waals surface area contributed by atoms with Crippen LogP contribution in [0.25, 0.3) is 0 Å². The topological polar surface area (TPSA) is 118 Å². The average molecular weight is 472 g/mol. The molecule has 1 amide bonds. The van der Waals surface area contributed by atoms with Crippen molar-refractivity contribution in [2.24, 2.45) is 5.92 Å². The van der Waals surface area contributed by atoms with Gasteiger partial charge in [0.15, 0.2) is 0 Å². The highest BCUT2D eigenvalue weighted by Gasteiger charge is 2.21. The van der Waals surface area contributed by atoms with Crippen molar-refractivity contribution in [2.45, 2.75) is 58.1 Å². The van der Waals surface area contributed by atoms with Crippen LogP contribution in [0.4, 0.5) is 11.8 Å². The second kappa shape index (κ2) is 13.0. The number of hydrogen-bond donors (Lipinski definition) is 4. The van der Waals surface area contributed by atoms with Gasteiger partial charge >= 0.3 is 0 Å². The van der Waals surface area contributed by atoms with Crippen LogP contribution in [-0.2, 0) is 6.54 Å². The highest BCUT2D eigenvalue weighted by Crippen LogP contribution is 2.25. The van der Waals surface area contributed by atoms with Crippen molar-refractivity contribution in [3.8, 4) is 11.5 Å². The fraction of sp³-hybridized carbons (Fsp3) is 0.560. The van der Waals surface area contributed by atoms with Crippen molar-refractivity contribution in [3.63, 3.8) is 0 Å². The number of benzene rings is 1. The predicted molar refractivity (Wildman–Crippen MR) is 133 cm³/mol. The first-order chi connectivity index (χ1) is 16.5. The zero-order chi connectivity index (χ0) is 24.3. The quantitative estimate of drug-likeness (QED) is 0.347. The molecule has 0 spiro atoms. The normalized spacial score (nSPS) is 17.6. The van der Waals surface area contributed by atoms with Crippen molar-refractivity contribution < 1.29 is 19.4 Å². The standard InChI is InChI=1S/C25H37N5O4/c1-4-5-10-26-25-29-16-22(23(30-25)27-14-17-6-8-19(31)9-7-17)24(32)28-15-18-11-20(33-2)13-21(12-18)34-3/h11-13,16-17,19,31H,4-10,14-15H2,1-3H3,(H,28,32)(H2,26,27,29,30). The molecule has 0 saturated heterocycles. The van der Waals surface area contributed by atoms with E-state index >= 15 is 0 Å². The van der Waals surface area contributed by atoms with E-state index < -0.39 is 0 Å². The second-order valence-corrected chi connectivity index (χ2v) is 8.70. The molecule has 0 atom stereocenters. The molecule has 0 radical (unpaired) electrons. The van der Waals surface area contributed by atoms with Gasteiger partial charge < -0.3 is 30.5 Å². The highest BCUT2D eigenvalue weighted by atomic mass is 16.5. The lowest BCUT2D eigenvalue weighted by Gasteiger charge is -2.26. The monoisotopic (exact) mass is 471 g/mol. The summed E-state index contributed by atoms with van der Waals surface area (Å²) in [6, 6.07) is 5.50. The number of methoxy groups -OCH3 is 2. The zero-order valence-corrected chi connectivity index (χ0v) is 20.4. The minimum Gasteiger partial charge on any atom is -0.497 e. The van der Waals surface area contributed by atoms with Crippen LogP contribution in [0.15, 0.2) is 24.4 Å². The molecule has 186 valence electrons. The summed E-state index contributed by atoms with van der Waals surface area (Å²) in [6.07, 6.45) is 7.01. The molecule has 1 aliphatic carbocycles. The second-order valence-electron chi connectivity index (χ2n) is 8.70. The van der Waals surface area contributed by atoms with Gasteiger partial charge in [0.25, 0.3) is 5.91 Å². The van der Waals surface area contributed by atoms with E-state index in [1.165, 1.54) is 0 Å². The number of carbonyl (C=O) groups excluding carboxylic acids is 1. The van der Waals surface area contributed by atoms with Gasteiger partial charge in [-0.1, -0.05) is 13.3 Å². The van der Waals surface area contributed by atoms with Gasteiger partial charge in [0.05, 0.1) is 20.3 Å². The van der Waals surface area contributed by atoms with Crippen LogP contribution in [0.2, 0.25) is 0 Å². The maximum absolute atomic E-state index is 13.1. The summed E-state index contributed by atoms with van der Waals surface area (Å²) in [4.78, 5) is 22.0. The lowest BCUT2D eigenvalue weighted by Crippen LogP contribution is -2.27. The lowest BCUT2D eigenvalue weighted by molar-refractivity contribution is 0.0951. The highest BCUT2D eigenvalue weighted by molar-refractivity contribution is 5.98. The number of carbonyl (C=O) groups is 1. The number of nitrogens with one attached hydrogen (secondary N) is 3. The Labute approximate surface area is 201 Å². The Morgan fingerprint density at radius 1 is 1.09 bits per heavy atom. The molecule has 1 aromatic heterocycles. The number of ether oxygens (including phenoxy) is 2. The third-order valence-electron chi connectivity index (χ3n) is 6.09. The van der Waals surface area contributed by atoms with Crippen molar-refractivity contribution >= 4 is 17.7 Å². The molecule has 4 N–H and O–H groups in total. The predicted octanol–water partition coefficient (Wildman–Crippen LogP) is 3.60. The summed E-state index contributed by atoms with van der Waals surface area (Å²) in [5.74, 6) is 2.52. The smallest absolute Gasteiger partial charge is 0.256 e. The number of aromatic nitrogens is 2. The summed E-state index contributed by atoms with van der Waals surface area (Å²) in [7, 11) is 3.19. The molecule has 1 heterocycles. The molecule has 1 saturated carbocycles. The number of nitrogens with zero attached hydrogens (tertiary/aromatic N) is 2. The first-order valence-electron chi connectivity index (χ1n) is 12.0. The maximum atomic E-state index is 13.1. The molecule has 3 rings (SSSR count). The SMILES string of the molecule is CCCCNc1ncc(C(=O)NCc2cc(OC)cc(OC)c2)c(NCC2CCC(O)CC2)n1. The van der Waals surface area contributed by atoms with E-state index in [0.29, 0.717) is 47.8 Å². The lowest BCUT2D eigenvalue weighted by atomic mass is 9.87. The van der Waals surface area contributed by atoms with Gasteiger partial charge in [-0.2, -0.15) is 4.98 Å². The Morgan fingerprint density at radius 2 is 1.79 bits per heavy atom. The Kier molecular flexibility index (Phi) is 9.75. The van der Waals surface area contributed by atoms with Crippen molar-refractivity contribution in [2.75, 3.05) is 37.9 Å².